The van der Waals surface area contributed by atoms with E-state index in [0.717, 1.165) is 24.0 Å². The molecular formula is C23H21NO4. The largest absolute Gasteiger partial charge is 0.466 e. The Morgan fingerprint density at radius 1 is 1.00 bits per heavy atom. The number of ether oxygens (including phenoxy) is 1. The average molecular weight is 375 g/mol. The zero-order valence-electron chi connectivity index (χ0n) is 15.3. The van der Waals surface area contributed by atoms with Crippen molar-refractivity contribution in [3.63, 3.8) is 0 Å². The van der Waals surface area contributed by atoms with Crippen LogP contribution in [-0.2, 0) is 10.4 Å². The van der Waals surface area contributed by atoms with Crippen molar-refractivity contribution >= 4 is 5.91 Å². The van der Waals surface area contributed by atoms with Crippen LogP contribution in [0, 0.1) is 5.92 Å². The van der Waals surface area contributed by atoms with Gasteiger partial charge in [0.1, 0.15) is 22.9 Å². The van der Waals surface area contributed by atoms with Gasteiger partial charge in [-0.3, -0.25) is 4.79 Å². The van der Waals surface area contributed by atoms with Crippen molar-refractivity contribution in [3.8, 4) is 11.5 Å². The molecule has 2 aliphatic rings. The molecule has 1 saturated carbocycles. The molecule has 142 valence electrons. The van der Waals surface area contributed by atoms with E-state index in [1.807, 2.05) is 48.5 Å². The number of aliphatic hydroxyl groups is 1. The van der Waals surface area contributed by atoms with Crippen molar-refractivity contribution in [2.24, 2.45) is 5.92 Å². The number of rotatable bonds is 5. The van der Waals surface area contributed by atoms with Crippen LogP contribution >= 0.6 is 0 Å². The molecule has 1 aliphatic carbocycles. The van der Waals surface area contributed by atoms with Gasteiger partial charge in [0.2, 0.25) is 5.91 Å². The fourth-order valence-electron chi connectivity index (χ4n) is 4.03. The molecule has 5 nitrogen and oxygen atoms in total. The van der Waals surface area contributed by atoms with E-state index < -0.39 is 11.5 Å². The molecule has 0 saturated heterocycles. The molecule has 0 radical (unpaired) electrons. The second-order valence-electron chi connectivity index (χ2n) is 7.50. The molecule has 1 fully saturated rings. The summed E-state index contributed by atoms with van der Waals surface area (Å²) in [5.41, 5.74) is 0.474. The van der Waals surface area contributed by atoms with E-state index in [2.05, 4.69) is 5.32 Å². The smallest absolute Gasteiger partial charge is 0.232 e. The highest BCUT2D eigenvalue weighted by Crippen LogP contribution is 2.46. The number of amides is 1. The SMILES string of the molecule is O=C(NCC(O)(c1ccco1)C1CC1)C1c2ccccc2Oc2ccccc21. The first-order valence-electron chi connectivity index (χ1n) is 9.56. The van der Waals surface area contributed by atoms with Crippen LogP contribution in [0.15, 0.2) is 71.3 Å². The molecule has 28 heavy (non-hydrogen) atoms. The van der Waals surface area contributed by atoms with Crippen LogP contribution in [0.2, 0.25) is 0 Å². The third-order valence-electron chi connectivity index (χ3n) is 5.67. The highest BCUT2D eigenvalue weighted by molar-refractivity contribution is 5.89. The first-order valence-corrected chi connectivity index (χ1v) is 9.56. The highest BCUT2D eigenvalue weighted by Gasteiger charge is 2.47. The minimum absolute atomic E-state index is 0.105. The summed E-state index contributed by atoms with van der Waals surface area (Å²) in [4.78, 5) is 13.3. The van der Waals surface area contributed by atoms with Gasteiger partial charge in [-0.1, -0.05) is 36.4 Å². The van der Waals surface area contributed by atoms with Crippen molar-refractivity contribution in [1.29, 1.82) is 0 Å². The van der Waals surface area contributed by atoms with Gasteiger partial charge in [-0.15, -0.1) is 0 Å². The Kier molecular flexibility index (Phi) is 3.98. The van der Waals surface area contributed by atoms with E-state index in [1.54, 1.807) is 18.4 Å². The zero-order chi connectivity index (χ0) is 19.1. The predicted molar refractivity (Wildman–Crippen MR) is 103 cm³/mol. The number of carbonyl (C=O) groups excluding carboxylic acids is 1. The van der Waals surface area contributed by atoms with Gasteiger partial charge in [0.05, 0.1) is 18.7 Å². The van der Waals surface area contributed by atoms with Crippen molar-refractivity contribution < 1.29 is 19.1 Å². The number of nitrogens with one attached hydrogen (secondary N) is 1. The monoisotopic (exact) mass is 375 g/mol. The molecule has 2 N–H and O–H groups in total. The van der Waals surface area contributed by atoms with E-state index >= 15 is 0 Å². The third-order valence-corrected chi connectivity index (χ3v) is 5.67. The fraction of sp³-hybridized carbons (Fsp3) is 0.261. The van der Waals surface area contributed by atoms with Crippen LogP contribution in [0.4, 0.5) is 0 Å². The van der Waals surface area contributed by atoms with Gasteiger partial charge in [-0.25, -0.2) is 0 Å². The van der Waals surface area contributed by atoms with Gasteiger partial charge < -0.3 is 19.6 Å². The summed E-state index contributed by atoms with van der Waals surface area (Å²) < 4.78 is 11.4. The highest BCUT2D eigenvalue weighted by atomic mass is 16.5. The molecule has 1 unspecified atom stereocenters. The lowest BCUT2D eigenvalue weighted by Gasteiger charge is -2.30. The molecular weight excluding hydrogens is 354 g/mol. The minimum atomic E-state index is -1.18. The second-order valence-corrected chi connectivity index (χ2v) is 7.50. The molecule has 3 aromatic rings. The zero-order valence-corrected chi connectivity index (χ0v) is 15.3. The summed E-state index contributed by atoms with van der Waals surface area (Å²) in [7, 11) is 0. The first kappa shape index (κ1) is 17.1. The summed E-state index contributed by atoms with van der Waals surface area (Å²) in [6, 6.07) is 18.7. The van der Waals surface area contributed by atoms with Gasteiger partial charge in [0.25, 0.3) is 0 Å². The summed E-state index contributed by atoms with van der Waals surface area (Å²) in [6.45, 7) is 0.117. The first-order chi connectivity index (χ1) is 13.7. The minimum Gasteiger partial charge on any atom is -0.466 e. The number of fused-ring (bicyclic) bond motifs is 2. The quantitative estimate of drug-likeness (QED) is 0.709. The van der Waals surface area contributed by atoms with Gasteiger partial charge in [-0.2, -0.15) is 0 Å². The van der Waals surface area contributed by atoms with Crippen molar-refractivity contribution in [2.75, 3.05) is 6.54 Å². The van der Waals surface area contributed by atoms with Crippen LogP contribution in [-0.4, -0.2) is 17.6 Å². The Labute approximate surface area is 163 Å². The van der Waals surface area contributed by atoms with Crippen molar-refractivity contribution in [3.05, 3.63) is 83.8 Å². The third kappa shape index (κ3) is 2.79. The Morgan fingerprint density at radius 2 is 1.64 bits per heavy atom. The lowest BCUT2D eigenvalue weighted by atomic mass is 9.86. The summed E-state index contributed by atoms with van der Waals surface area (Å²) in [5.74, 6) is 1.33. The molecule has 2 aromatic carbocycles. The number of carbonyl (C=O) groups is 1. The van der Waals surface area contributed by atoms with Crippen LogP contribution in [0.5, 0.6) is 11.5 Å². The number of hydrogen-bond donors (Lipinski definition) is 2. The normalized spacial score (nSPS) is 17.8. The van der Waals surface area contributed by atoms with Gasteiger partial charge >= 0.3 is 0 Å². The number of benzene rings is 2. The molecule has 1 amide bonds. The molecule has 0 bridgehead atoms. The maximum Gasteiger partial charge on any atom is 0.232 e. The maximum atomic E-state index is 13.3. The summed E-state index contributed by atoms with van der Waals surface area (Å²) in [6.07, 6.45) is 3.40. The Bertz CT molecular complexity index is 963. The van der Waals surface area contributed by atoms with Crippen LogP contribution in [0.3, 0.4) is 0 Å². The fourth-order valence-corrected chi connectivity index (χ4v) is 4.03. The standard InChI is InChI=1S/C23H21NO4/c25-22(24-14-23(26,15-11-12-15)20-10-5-13-27-20)21-16-6-1-3-8-18(16)28-19-9-4-2-7-17(19)21/h1-10,13,15,21,26H,11-12,14H2,(H,24,25). The molecule has 0 spiro atoms. The number of hydrogen-bond acceptors (Lipinski definition) is 4. The number of para-hydroxylation sites is 2. The molecule has 1 atom stereocenters. The summed E-state index contributed by atoms with van der Waals surface area (Å²) >= 11 is 0. The van der Waals surface area contributed by atoms with E-state index in [1.165, 1.54) is 0 Å². The average Bonchev–Trinajstić information content (AvgIpc) is 3.44. The summed E-state index contributed by atoms with van der Waals surface area (Å²) in [5, 5.41) is 14.2. The van der Waals surface area contributed by atoms with E-state index in [4.69, 9.17) is 9.15 Å². The Balaban J connectivity index is 1.44. The molecule has 5 rings (SSSR count). The van der Waals surface area contributed by atoms with Crippen molar-refractivity contribution in [2.45, 2.75) is 24.4 Å². The number of furan rings is 1. The molecule has 2 heterocycles. The Morgan fingerprint density at radius 3 is 2.21 bits per heavy atom. The van der Waals surface area contributed by atoms with Gasteiger partial charge in [0.15, 0.2) is 0 Å². The lowest BCUT2D eigenvalue weighted by molar-refractivity contribution is -0.123. The molecule has 1 aromatic heterocycles. The van der Waals surface area contributed by atoms with Gasteiger partial charge in [0, 0.05) is 11.1 Å². The van der Waals surface area contributed by atoms with E-state index in [-0.39, 0.29) is 18.4 Å². The predicted octanol–water partition coefficient (Wildman–Crippen LogP) is 3.93. The molecule has 1 aliphatic heterocycles. The van der Waals surface area contributed by atoms with Gasteiger partial charge in [-0.05, 0) is 43.0 Å². The van der Waals surface area contributed by atoms with Crippen molar-refractivity contribution in [1.82, 2.24) is 5.32 Å². The van der Waals surface area contributed by atoms with E-state index in [0.29, 0.717) is 17.3 Å². The van der Waals surface area contributed by atoms with Crippen LogP contribution in [0.25, 0.3) is 0 Å². The van der Waals surface area contributed by atoms with Crippen LogP contribution in [0.1, 0.15) is 35.6 Å². The lowest BCUT2D eigenvalue weighted by Crippen LogP contribution is -2.44. The second kappa shape index (κ2) is 6.53. The topological polar surface area (TPSA) is 71.7 Å². The van der Waals surface area contributed by atoms with Crippen LogP contribution < -0.4 is 10.1 Å². The van der Waals surface area contributed by atoms with E-state index in [9.17, 15) is 9.90 Å². The Hall–Kier alpha value is -3.05. The maximum absolute atomic E-state index is 13.3. The molecule has 5 heteroatoms.